The average molecular weight is 138 g/mol. The second-order valence-corrected chi connectivity index (χ2v) is 1.64. The molecular weight excluding hydrogens is 130 g/mol. The molecule has 0 aliphatic rings. The fraction of sp³-hybridized carbons (Fsp3) is 0.143. The Bertz CT molecular complexity index is 165. The maximum absolute atomic E-state index is 8.54. The van der Waals surface area contributed by atoms with Crippen molar-refractivity contribution in [1.29, 1.82) is 0 Å². The van der Waals surface area contributed by atoms with Gasteiger partial charge in [0.05, 0.1) is 6.61 Å². The van der Waals surface area contributed by atoms with E-state index in [1.165, 1.54) is 0 Å². The Balaban J connectivity index is 0.000000371. The highest BCUT2D eigenvalue weighted by Gasteiger charge is 1.81. The Morgan fingerprint density at radius 1 is 1.20 bits per heavy atom. The SMILES string of the molecule is OCc1ccccc1.[N]=O. The Kier molecular flexibility index (Phi) is 5.19. The predicted molar refractivity (Wildman–Crippen MR) is 37.9 cm³/mol. The zero-order chi connectivity index (χ0) is 7.82. The van der Waals surface area contributed by atoms with E-state index in [9.17, 15) is 0 Å². The van der Waals surface area contributed by atoms with E-state index in [0.717, 1.165) is 5.56 Å². The molecule has 0 amide bonds. The molecule has 0 spiro atoms. The lowest BCUT2D eigenvalue weighted by Gasteiger charge is -1.89. The molecule has 0 bridgehead atoms. The molecule has 0 unspecified atom stereocenters. The molecule has 0 aliphatic carbocycles. The Hall–Kier alpha value is -1.22. The lowest BCUT2D eigenvalue weighted by molar-refractivity contribution is 0.282. The van der Waals surface area contributed by atoms with E-state index in [4.69, 9.17) is 15.6 Å². The summed E-state index contributed by atoms with van der Waals surface area (Å²) >= 11 is 0. The molecule has 3 heteroatoms. The molecule has 1 N–H and O–H groups in total. The number of hydrogen-bond acceptors (Lipinski definition) is 2. The van der Waals surface area contributed by atoms with Crippen molar-refractivity contribution in [3.8, 4) is 0 Å². The molecule has 1 radical (unpaired) electrons. The minimum absolute atomic E-state index is 0.140. The fourth-order valence-electron chi connectivity index (χ4n) is 0.583. The first-order chi connectivity index (χ1) is 4.93. The largest absolute Gasteiger partial charge is 0.392 e. The van der Waals surface area contributed by atoms with E-state index in [0.29, 0.717) is 0 Å². The van der Waals surface area contributed by atoms with Crippen LogP contribution in [0, 0.1) is 4.91 Å². The van der Waals surface area contributed by atoms with Crippen molar-refractivity contribution >= 4 is 0 Å². The minimum atomic E-state index is 0.140. The highest BCUT2D eigenvalue weighted by atomic mass is 16.3. The van der Waals surface area contributed by atoms with Crippen LogP contribution in [-0.4, -0.2) is 5.11 Å². The van der Waals surface area contributed by atoms with Crippen LogP contribution in [0.1, 0.15) is 5.56 Å². The minimum Gasteiger partial charge on any atom is -0.392 e. The van der Waals surface area contributed by atoms with E-state index >= 15 is 0 Å². The van der Waals surface area contributed by atoms with E-state index in [1.54, 1.807) is 0 Å². The van der Waals surface area contributed by atoms with Crippen LogP contribution < -0.4 is 5.59 Å². The van der Waals surface area contributed by atoms with E-state index in [1.807, 2.05) is 30.3 Å². The second-order valence-electron chi connectivity index (χ2n) is 1.64. The van der Waals surface area contributed by atoms with Gasteiger partial charge in [0.25, 0.3) is 0 Å². The summed E-state index contributed by atoms with van der Waals surface area (Å²) in [5, 5.41) is 8.54. The molecule has 0 heterocycles. The quantitative estimate of drug-likeness (QED) is 0.621. The van der Waals surface area contributed by atoms with Gasteiger partial charge < -0.3 is 5.11 Å². The van der Waals surface area contributed by atoms with Crippen molar-refractivity contribution in [3.05, 3.63) is 40.8 Å². The van der Waals surface area contributed by atoms with Gasteiger partial charge in [-0.1, -0.05) is 30.3 Å². The Morgan fingerprint density at radius 3 is 2.00 bits per heavy atom. The molecule has 1 aromatic rings. The summed E-state index contributed by atoms with van der Waals surface area (Å²) in [5.41, 5.74) is 6.72. The van der Waals surface area contributed by atoms with Crippen LogP contribution in [0.25, 0.3) is 0 Å². The fourth-order valence-corrected chi connectivity index (χ4v) is 0.583. The van der Waals surface area contributed by atoms with Gasteiger partial charge in [-0.05, 0) is 5.56 Å². The zero-order valence-corrected chi connectivity index (χ0v) is 5.40. The molecule has 53 valence electrons. The van der Waals surface area contributed by atoms with E-state index in [-0.39, 0.29) is 6.61 Å². The van der Waals surface area contributed by atoms with Gasteiger partial charge in [0.1, 0.15) is 5.59 Å². The predicted octanol–water partition coefficient (Wildman–Crippen LogP) is 0.732. The molecule has 10 heavy (non-hydrogen) atoms. The van der Waals surface area contributed by atoms with Crippen molar-refractivity contribution in [2.24, 2.45) is 0 Å². The van der Waals surface area contributed by atoms with Gasteiger partial charge in [-0.2, -0.15) is 0 Å². The Morgan fingerprint density at radius 2 is 1.70 bits per heavy atom. The van der Waals surface area contributed by atoms with Gasteiger partial charge in [0, 0.05) is 0 Å². The molecule has 0 aromatic heterocycles. The summed E-state index contributed by atoms with van der Waals surface area (Å²) in [4.78, 5) is 7.25. The number of aliphatic hydroxyl groups is 1. The molecule has 0 fully saturated rings. The van der Waals surface area contributed by atoms with Crippen LogP contribution in [0.3, 0.4) is 0 Å². The number of nitrogens with zero attached hydrogens (tertiary/aromatic N) is 1. The number of benzene rings is 1. The zero-order valence-electron chi connectivity index (χ0n) is 5.40. The number of rotatable bonds is 1. The number of aliphatic hydroxyl groups excluding tert-OH is 1. The van der Waals surface area contributed by atoms with Crippen molar-refractivity contribution in [2.75, 3.05) is 0 Å². The number of nitroso groups, excluding NO2 is 1. The Labute approximate surface area is 59.1 Å². The number of hydrogen-bond donors (Lipinski definition) is 1. The van der Waals surface area contributed by atoms with Crippen LogP contribution in [0.2, 0.25) is 0 Å². The van der Waals surface area contributed by atoms with E-state index < -0.39 is 0 Å². The van der Waals surface area contributed by atoms with Gasteiger partial charge in [-0.25, -0.2) is 0 Å². The van der Waals surface area contributed by atoms with Gasteiger partial charge >= 0.3 is 0 Å². The van der Waals surface area contributed by atoms with Crippen molar-refractivity contribution in [3.63, 3.8) is 0 Å². The molecule has 1 aromatic carbocycles. The lowest BCUT2D eigenvalue weighted by atomic mass is 10.2. The summed E-state index contributed by atoms with van der Waals surface area (Å²) in [6.45, 7) is 0.140. The monoisotopic (exact) mass is 138 g/mol. The molecule has 0 saturated heterocycles. The first-order valence-corrected chi connectivity index (χ1v) is 2.76. The standard InChI is InChI=1S/C7H8O.NO/c8-6-7-4-2-1-3-5-7;1-2/h1-5,8H,6H2;. The normalized spacial score (nSPS) is 7.70. The van der Waals surface area contributed by atoms with Gasteiger partial charge in [0.2, 0.25) is 0 Å². The highest BCUT2D eigenvalue weighted by Crippen LogP contribution is 1.95. The molecule has 1 rings (SSSR count). The first-order valence-electron chi connectivity index (χ1n) is 2.76. The van der Waals surface area contributed by atoms with Crippen LogP contribution in [0.15, 0.2) is 30.3 Å². The topological polar surface area (TPSA) is 59.6 Å². The van der Waals surface area contributed by atoms with Crippen molar-refractivity contribution in [1.82, 2.24) is 5.59 Å². The van der Waals surface area contributed by atoms with Crippen LogP contribution in [0.4, 0.5) is 0 Å². The van der Waals surface area contributed by atoms with Gasteiger partial charge in [-0.3, -0.25) is 0 Å². The molecule has 0 aliphatic heterocycles. The van der Waals surface area contributed by atoms with E-state index in [2.05, 4.69) is 0 Å². The summed E-state index contributed by atoms with van der Waals surface area (Å²) in [6, 6.07) is 9.52. The third-order valence-electron chi connectivity index (χ3n) is 1.03. The third-order valence-corrected chi connectivity index (χ3v) is 1.03. The maximum atomic E-state index is 8.54. The average Bonchev–Trinajstić information content (AvgIpc) is 2.10. The van der Waals surface area contributed by atoms with Crippen LogP contribution >= 0.6 is 0 Å². The summed E-state index contributed by atoms with van der Waals surface area (Å²) in [5.74, 6) is 0. The molecular formula is C7H8NO2. The van der Waals surface area contributed by atoms with Crippen LogP contribution in [-0.2, 0) is 6.61 Å². The third kappa shape index (κ3) is 2.94. The summed E-state index contributed by atoms with van der Waals surface area (Å²) < 4.78 is 0. The highest BCUT2D eigenvalue weighted by molar-refractivity contribution is 5.12. The molecule has 0 atom stereocenters. The maximum Gasteiger partial charge on any atom is 0.120 e. The van der Waals surface area contributed by atoms with Crippen LogP contribution in [0.5, 0.6) is 0 Å². The smallest absolute Gasteiger partial charge is 0.120 e. The lowest BCUT2D eigenvalue weighted by Crippen LogP contribution is -1.77. The molecule has 0 saturated carbocycles. The van der Waals surface area contributed by atoms with Crippen molar-refractivity contribution in [2.45, 2.75) is 6.61 Å². The summed E-state index contributed by atoms with van der Waals surface area (Å²) in [7, 11) is 0. The first kappa shape index (κ1) is 8.78. The van der Waals surface area contributed by atoms with Gasteiger partial charge in [0.15, 0.2) is 0 Å². The second kappa shape index (κ2) is 5.91. The molecule has 3 nitrogen and oxygen atoms in total. The van der Waals surface area contributed by atoms with Gasteiger partial charge in [-0.15, -0.1) is 4.91 Å². The van der Waals surface area contributed by atoms with Crippen molar-refractivity contribution < 1.29 is 5.11 Å². The summed E-state index contributed by atoms with van der Waals surface area (Å²) in [6.07, 6.45) is 0.